The van der Waals surface area contributed by atoms with Crippen molar-refractivity contribution in [2.24, 2.45) is 0 Å². The van der Waals surface area contributed by atoms with Crippen LogP contribution in [0.3, 0.4) is 0 Å². The highest BCUT2D eigenvalue weighted by Crippen LogP contribution is 2.22. The second-order valence-corrected chi connectivity index (χ2v) is 6.01. The van der Waals surface area contributed by atoms with Gasteiger partial charge in [-0.05, 0) is 6.92 Å². The summed E-state index contributed by atoms with van der Waals surface area (Å²) in [6, 6.07) is 0. The molecule has 18 heavy (non-hydrogen) atoms. The zero-order chi connectivity index (χ0) is 13.2. The molecule has 0 atom stereocenters. The number of nitrogens with one attached hydrogen (secondary N) is 1. The summed E-state index contributed by atoms with van der Waals surface area (Å²) in [4.78, 5) is 4.55. The Bertz CT molecular complexity index is 631. The van der Waals surface area contributed by atoms with Gasteiger partial charge in [0, 0.05) is 24.7 Å². The minimum atomic E-state index is -3.67. The van der Waals surface area contributed by atoms with Crippen LogP contribution in [0.25, 0.3) is 4.96 Å². The molecule has 0 spiro atoms. The van der Waals surface area contributed by atoms with E-state index in [4.69, 9.17) is 10.5 Å². The van der Waals surface area contributed by atoms with Gasteiger partial charge in [0.1, 0.15) is 0 Å². The highest BCUT2D eigenvalue weighted by atomic mass is 32.2. The molecule has 100 valence electrons. The van der Waals surface area contributed by atoms with Crippen molar-refractivity contribution in [3.05, 3.63) is 11.6 Å². The first-order valence-electron chi connectivity index (χ1n) is 5.34. The third-order valence-corrected chi connectivity index (χ3v) is 4.50. The van der Waals surface area contributed by atoms with Crippen LogP contribution in [0, 0.1) is 0 Å². The van der Waals surface area contributed by atoms with Gasteiger partial charge in [-0.15, -0.1) is 11.3 Å². The summed E-state index contributed by atoms with van der Waals surface area (Å²) < 4.78 is 33.1. The summed E-state index contributed by atoms with van der Waals surface area (Å²) in [5.41, 5.74) is 5.64. The summed E-state index contributed by atoms with van der Waals surface area (Å²) in [7, 11) is -3.67. The van der Waals surface area contributed by atoms with E-state index in [1.54, 1.807) is 11.6 Å². The Balaban J connectivity index is 2.23. The second kappa shape index (κ2) is 5.22. The molecule has 3 N–H and O–H groups in total. The van der Waals surface area contributed by atoms with Crippen LogP contribution in [-0.2, 0) is 14.8 Å². The molecule has 2 aromatic rings. The van der Waals surface area contributed by atoms with Crippen LogP contribution in [0.4, 0.5) is 5.82 Å². The summed E-state index contributed by atoms with van der Waals surface area (Å²) in [5, 5.41) is 1.73. The number of nitrogens with zero attached hydrogens (tertiary/aromatic N) is 2. The number of thiazole rings is 1. The van der Waals surface area contributed by atoms with Gasteiger partial charge in [0.05, 0.1) is 6.61 Å². The molecule has 0 radical (unpaired) electrons. The molecular formula is C9H14N4O3S2. The first-order chi connectivity index (χ1) is 8.56. The van der Waals surface area contributed by atoms with E-state index in [-0.39, 0.29) is 17.4 Å². The van der Waals surface area contributed by atoms with E-state index in [1.165, 1.54) is 15.7 Å². The third kappa shape index (κ3) is 2.48. The Morgan fingerprint density at radius 1 is 1.61 bits per heavy atom. The molecule has 0 saturated heterocycles. The quantitative estimate of drug-likeness (QED) is 0.745. The van der Waals surface area contributed by atoms with Crippen molar-refractivity contribution >= 4 is 32.1 Å². The first kappa shape index (κ1) is 13.3. The van der Waals surface area contributed by atoms with Crippen LogP contribution in [0.15, 0.2) is 16.6 Å². The molecule has 2 aromatic heterocycles. The van der Waals surface area contributed by atoms with E-state index in [2.05, 4.69) is 9.71 Å². The standard InChI is InChI=1S/C9H14N4O3S2/c1-2-16-5-3-11-18(14,15)8-7(10)12-9-13(8)4-6-17-9/h4,6,11H,2-3,5,10H2,1H3. The lowest BCUT2D eigenvalue weighted by atomic mass is 10.7. The van der Waals surface area contributed by atoms with Gasteiger partial charge in [-0.3, -0.25) is 4.40 Å². The number of nitrogen functional groups attached to an aromatic ring is 1. The molecule has 0 saturated carbocycles. The molecule has 0 aromatic carbocycles. The Hall–Kier alpha value is -1.16. The minimum absolute atomic E-state index is 0.00533. The lowest BCUT2D eigenvalue weighted by Crippen LogP contribution is -2.29. The van der Waals surface area contributed by atoms with Crippen molar-refractivity contribution < 1.29 is 13.2 Å². The number of ether oxygens (including phenoxy) is 1. The van der Waals surface area contributed by atoms with Gasteiger partial charge in [0.15, 0.2) is 15.8 Å². The predicted molar refractivity (Wildman–Crippen MR) is 69.2 cm³/mol. The fourth-order valence-corrected chi connectivity index (χ4v) is 3.50. The van der Waals surface area contributed by atoms with Crippen molar-refractivity contribution in [1.29, 1.82) is 0 Å². The maximum Gasteiger partial charge on any atom is 0.260 e. The zero-order valence-corrected chi connectivity index (χ0v) is 11.4. The van der Waals surface area contributed by atoms with Gasteiger partial charge in [-0.25, -0.2) is 18.1 Å². The number of hydrogen-bond donors (Lipinski definition) is 2. The second-order valence-electron chi connectivity index (χ2n) is 3.45. The molecule has 0 aliphatic rings. The van der Waals surface area contributed by atoms with Gasteiger partial charge in [0.25, 0.3) is 10.0 Å². The number of sulfonamides is 1. The monoisotopic (exact) mass is 290 g/mol. The third-order valence-electron chi connectivity index (χ3n) is 2.24. The maximum atomic E-state index is 12.1. The fraction of sp³-hybridized carbons (Fsp3) is 0.444. The van der Waals surface area contributed by atoms with Crippen LogP contribution in [-0.4, -0.2) is 37.6 Å². The average molecular weight is 290 g/mol. The van der Waals surface area contributed by atoms with Crippen LogP contribution in [0.2, 0.25) is 0 Å². The highest BCUT2D eigenvalue weighted by molar-refractivity contribution is 7.89. The lowest BCUT2D eigenvalue weighted by molar-refractivity contribution is 0.153. The number of nitrogens with two attached hydrogens (primary N) is 1. The van der Waals surface area contributed by atoms with E-state index in [0.29, 0.717) is 18.2 Å². The lowest BCUT2D eigenvalue weighted by Gasteiger charge is -2.06. The normalized spacial score (nSPS) is 12.3. The molecule has 2 heterocycles. The molecule has 7 nitrogen and oxygen atoms in total. The Labute approximate surface area is 109 Å². The first-order valence-corrected chi connectivity index (χ1v) is 7.71. The molecule has 0 unspecified atom stereocenters. The SMILES string of the molecule is CCOCCNS(=O)(=O)c1c(N)nc2sccn12. The molecule has 2 rings (SSSR count). The number of anilines is 1. The summed E-state index contributed by atoms with van der Waals surface area (Å²) in [5.74, 6) is 0.00533. The number of aromatic nitrogens is 2. The van der Waals surface area contributed by atoms with Crippen LogP contribution >= 0.6 is 11.3 Å². The number of hydrogen-bond acceptors (Lipinski definition) is 6. The van der Waals surface area contributed by atoms with E-state index in [9.17, 15) is 8.42 Å². The van der Waals surface area contributed by atoms with Gasteiger partial charge in [0.2, 0.25) is 0 Å². The van der Waals surface area contributed by atoms with Crippen LogP contribution in [0.5, 0.6) is 0 Å². The van der Waals surface area contributed by atoms with Gasteiger partial charge >= 0.3 is 0 Å². The fourth-order valence-electron chi connectivity index (χ4n) is 1.51. The molecule has 0 aliphatic carbocycles. The summed E-state index contributed by atoms with van der Waals surface area (Å²) >= 11 is 1.33. The molecule has 9 heteroatoms. The Morgan fingerprint density at radius 2 is 2.39 bits per heavy atom. The van der Waals surface area contributed by atoms with Crippen LogP contribution < -0.4 is 10.5 Å². The number of rotatable bonds is 6. The summed E-state index contributed by atoms with van der Waals surface area (Å²) in [6.45, 7) is 2.91. The van der Waals surface area contributed by atoms with Crippen molar-refractivity contribution in [3.8, 4) is 0 Å². The van der Waals surface area contributed by atoms with E-state index in [1.807, 2.05) is 6.92 Å². The number of imidazole rings is 1. The molecule has 0 fully saturated rings. The number of fused-ring (bicyclic) bond motifs is 1. The predicted octanol–water partition coefficient (Wildman–Crippen LogP) is 0.293. The highest BCUT2D eigenvalue weighted by Gasteiger charge is 2.23. The topological polar surface area (TPSA) is 98.7 Å². The van der Waals surface area contributed by atoms with Crippen molar-refractivity contribution in [3.63, 3.8) is 0 Å². The van der Waals surface area contributed by atoms with E-state index in [0.717, 1.165) is 0 Å². The smallest absolute Gasteiger partial charge is 0.260 e. The maximum absolute atomic E-state index is 12.1. The van der Waals surface area contributed by atoms with Crippen molar-refractivity contribution in [1.82, 2.24) is 14.1 Å². The van der Waals surface area contributed by atoms with E-state index < -0.39 is 10.0 Å². The minimum Gasteiger partial charge on any atom is -0.381 e. The van der Waals surface area contributed by atoms with Crippen LogP contribution in [0.1, 0.15) is 6.92 Å². The Kier molecular flexibility index (Phi) is 3.85. The van der Waals surface area contributed by atoms with Crippen molar-refractivity contribution in [2.45, 2.75) is 11.9 Å². The zero-order valence-electron chi connectivity index (χ0n) is 9.79. The van der Waals surface area contributed by atoms with Gasteiger partial charge < -0.3 is 10.5 Å². The summed E-state index contributed by atoms with van der Waals surface area (Å²) in [6.07, 6.45) is 1.63. The average Bonchev–Trinajstić information content (AvgIpc) is 2.83. The van der Waals surface area contributed by atoms with Gasteiger partial charge in [-0.1, -0.05) is 0 Å². The van der Waals surface area contributed by atoms with E-state index >= 15 is 0 Å². The van der Waals surface area contributed by atoms with Gasteiger partial charge in [-0.2, -0.15) is 0 Å². The van der Waals surface area contributed by atoms with Crippen molar-refractivity contribution in [2.75, 3.05) is 25.5 Å². The largest absolute Gasteiger partial charge is 0.381 e. The molecular weight excluding hydrogens is 276 g/mol. The Morgan fingerprint density at radius 3 is 3.11 bits per heavy atom. The molecule has 0 amide bonds. The molecule has 0 aliphatic heterocycles. The molecule has 0 bridgehead atoms.